The SMILES string of the molecule is CCCC1COC(Cn2cncn2)(c2ccc(Cl)cc2Cl)O1.c1c[nH]nn1. The minimum absolute atomic E-state index is 0.0419. The van der Waals surface area contributed by atoms with E-state index >= 15 is 0 Å². The maximum absolute atomic E-state index is 6.37. The highest BCUT2D eigenvalue weighted by molar-refractivity contribution is 6.35. The molecule has 1 fully saturated rings. The van der Waals surface area contributed by atoms with Crippen molar-refractivity contribution < 1.29 is 9.47 Å². The van der Waals surface area contributed by atoms with Crippen molar-refractivity contribution in [1.82, 2.24) is 30.2 Å². The van der Waals surface area contributed by atoms with Crippen LogP contribution in [0.15, 0.2) is 43.2 Å². The first-order valence-electron chi connectivity index (χ1n) is 8.53. The van der Waals surface area contributed by atoms with E-state index in [1.165, 1.54) is 6.33 Å². The van der Waals surface area contributed by atoms with Gasteiger partial charge in [0.25, 0.3) is 0 Å². The first-order chi connectivity index (χ1) is 13.1. The maximum atomic E-state index is 6.37. The number of halogens is 2. The van der Waals surface area contributed by atoms with Crippen molar-refractivity contribution in [3.63, 3.8) is 0 Å². The van der Waals surface area contributed by atoms with Gasteiger partial charge in [-0.1, -0.05) is 47.8 Å². The average molecular weight is 411 g/mol. The normalized spacial score (nSPS) is 21.7. The fourth-order valence-corrected chi connectivity index (χ4v) is 3.38. The second-order valence-corrected chi connectivity index (χ2v) is 6.81. The first-order valence-corrected chi connectivity index (χ1v) is 9.28. The first kappa shape index (κ1) is 19.8. The number of hydrogen-bond acceptors (Lipinski definition) is 6. The Balaban J connectivity index is 0.000000364. The smallest absolute Gasteiger partial charge is 0.217 e. The van der Waals surface area contributed by atoms with Gasteiger partial charge >= 0.3 is 0 Å². The molecule has 0 saturated carbocycles. The number of nitrogens with one attached hydrogen (secondary N) is 1. The summed E-state index contributed by atoms with van der Waals surface area (Å²) in [6, 6.07) is 5.32. The Morgan fingerprint density at radius 3 is 2.85 bits per heavy atom. The van der Waals surface area contributed by atoms with Gasteiger partial charge in [-0.25, -0.2) is 9.67 Å². The Morgan fingerprint density at radius 2 is 2.26 bits per heavy atom. The number of hydrogen-bond donors (Lipinski definition) is 1. The van der Waals surface area contributed by atoms with Gasteiger partial charge in [-0.2, -0.15) is 5.10 Å². The summed E-state index contributed by atoms with van der Waals surface area (Å²) in [7, 11) is 0. The van der Waals surface area contributed by atoms with E-state index in [-0.39, 0.29) is 6.10 Å². The van der Waals surface area contributed by atoms with Crippen molar-refractivity contribution in [2.45, 2.75) is 38.2 Å². The summed E-state index contributed by atoms with van der Waals surface area (Å²) < 4.78 is 14.0. The van der Waals surface area contributed by atoms with Crippen molar-refractivity contribution in [3.8, 4) is 0 Å². The Hall–Kier alpha value is -2.00. The molecule has 8 nitrogen and oxygen atoms in total. The number of aromatic amines is 1. The molecule has 1 aliphatic rings. The van der Waals surface area contributed by atoms with Gasteiger partial charge in [-0.05, 0) is 18.6 Å². The molecular weight excluding hydrogens is 391 g/mol. The minimum atomic E-state index is -0.963. The molecule has 0 radical (unpaired) electrons. The van der Waals surface area contributed by atoms with Gasteiger partial charge in [0.1, 0.15) is 19.2 Å². The Labute approximate surface area is 166 Å². The van der Waals surface area contributed by atoms with E-state index in [2.05, 4.69) is 32.4 Å². The van der Waals surface area contributed by atoms with E-state index in [0.29, 0.717) is 23.2 Å². The minimum Gasteiger partial charge on any atom is -0.342 e. The lowest BCUT2D eigenvalue weighted by Crippen LogP contribution is -2.34. The Bertz CT molecular complexity index is 798. The van der Waals surface area contributed by atoms with Crippen LogP contribution >= 0.6 is 23.2 Å². The zero-order valence-corrected chi connectivity index (χ0v) is 16.3. The number of benzene rings is 1. The second-order valence-electron chi connectivity index (χ2n) is 5.97. The number of H-pyrrole nitrogens is 1. The fraction of sp³-hybridized carbons (Fsp3) is 0.412. The summed E-state index contributed by atoms with van der Waals surface area (Å²) in [5, 5.41) is 14.5. The van der Waals surface area contributed by atoms with Gasteiger partial charge in [0.05, 0.1) is 23.9 Å². The summed E-state index contributed by atoms with van der Waals surface area (Å²) in [5.41, 5.74) is 0.757. The molecule has 2 atom stereocenters. The molecule has 3 aromatic rings. The van der Waals surface area contributed by atoms with Crippen LogP contribution in [0, 0.1) is 0 Å². The molecule has 0 amide bonds. The summed E-state index contributed by atoms with van der Waals surface area (Å²) in [5.74, 6) is -0.963. The van der Waals surface area contributed by atoms with E-state index in [4.69, 9.17) is 32.7 Å². The van der Waals surface area contributed by atoms with Crippen LogP contribution < -0.4 is 0 Å². The summed E-state index contributed by atoms with van der Waals surface area (Å²) >= 11 is 12.4. The molecule has 3 heterocycles. The molecule has 2 aromatic heterocycles. The van der Waals surface area contributed by atoms with Crippen LogP contribution in [-0.2, 0) is 21.8 Å². The molecule has 1 N–H and O–H groups in total. The maximum Gasteiger partial charge on any atom is 0.217 e. The molecule has 0 spiro atoms. The lowest BCUT2D eigenvalue weighted by molar-refractivity contribution is -0.189. The predicted molar refractivity (Wildman–Crippen MR) is 100 cm³/mol. The van der Waals surface area contributed by atoms with Gasteiger partial charge in [0, 0.05) is 16.8 Å². The summed E-state index contributed by atoms with van der Waals surface area (Å²) in [6.45, 7) is 3.03. The fourth-order valence-electron chi connectivity index (χ4n) is 2.83. The standard InChI is InChI=1S/C15H17Cl2N3O2.C2H3N3/c1-2-3-12-7-21-15(22-12,8-20-10-18-9-19-20)13-5-4-11(16)6-14(13)17;1-2-4-5-3-1/h4-6,9-10,12H,2-3,7-8H2,1H3;1-2H,(H,3,4,5). The number of nitrogens with zero attached hydrogens (tertiary/aromatic N) is 5. The third-order valence-electron chi connectivity index (χ3n) is 3.98. The van der Waals surface area contributed by atoms with Crippen LogP contribution in [0.25, 0.3) is 0 Å². The quantitative estimate of drug-likeness (QED) is 0.692. The number of rotatable bonds is 5. The van der Waals surface area contributed by atoms with Gasteiger partial charge in [-0.3, -0.25) is 5.10 Å². The topological polar surface area (TPSA) is 90.7 Å². The highest BCUT2D eigenvalue weighted by atomic mass is 35.5. The molecule has 144 valence electrons. The number of ether oxygens (including phenoxy) is 2. The van der Waals surface area contributed by atoms with Gasteiger partial charge < -0.3 is 9.47 Å². The molecular formula is C17H20Cl2N6O2. The van der Waals surface area contributed by atoms with E-state index in [0.717, 1.165) is 18.4 Å². The van der Waals surface area contributed by atoms with E-state index in [9.17, 15) is 0 Å². The molecule has 27 heavy (non-hydrogen) atoms. The third kappa shape index (κ3) is 5.04. The third-order valence-corrected chi connectivity index (χ3v) is 4.53. The van der Waals surface area contributed by atoms with E-state index in [1.54, 1.807) is 35.5 Å². The molecule has 0 aliphatic carbocycles. The summed E-state index contributed by atoms with van der Waals surface area (Å²) in [6.07, 6.45) is 8.35. The molecule has 1 saturated heterocycles. The lowest BCUT2D eigenvalue weighted by Gasteiger charge is -2.29. The van der Waals surface area contributed by atoms with Crippen LogP contribution in [0.3, 0.4) is 0 Å². The predicted octanol–water partition coefficient (Wildman–Crippen LogP) is 3.46. The molecule has 4 rings (SSSR count). The van der Waals surface area contributed by atoms with E-state index < -0.39 is 5.79 Å². The number of aromatic nitrogens is 6. The second kappa shape index (κ2) is 9.27. The van der Waals surface area contributed by atoms with Gasteiger partial charge in [0.15, 0.2) is 0 Å². The largest absolute Gasteiger partial charge is 0.342 e. The Kier molecular flexibility index (Phi) is 6.78. The monoisotopic (exact) mass is 410 g/mol. The lowest BCUT2D eigenvalue weighted by atomic mass is 10.1. The van der Waals surface area contributed by atoms with Crippen molar-refractivity contribution in [3.05, 3.63) is 58.9 Å². The van der Waals surface area contributed by atoms with Crippen LogP contribution in [0.5, 0.6) is 0 Å². The van der Waals surface area contributed by atoms with Crippen LogP contribution in [-0.4, -0.2) is 42.9 Å². The van der Waals surface area contributed by atoms with Crippen molar-refractivity contribution >= 4 is 23.2 Å². The van der Waals surface area contributed by atoms with Crippen LogP contribution in [0.2, 0.25) is 10.0 Å². The van der Waals surface area contributed by atoms with Crippen molar-refractivity contribution in [2.75, 3.05) is 6.61 Å². The zero-order chi connectivity index (χ0) is 19.1. The van der Waals surface area contributed by atoms with Crippen LogP contribution in [0.1, 0.15) is 25.3 Å². The van der Waals surface area contributed by atoms with Crippen molar-refractivity contribution in [1.29, 1.82) is 0 Å². The molecule has 1 aliphatic heterocycles. The molecule has 10 heteroatoms. The van der Waals surface area contributed by atoms with Gasteiger partial charge in [0.2, 0.25) is 5.79 Å². The Morgan fingerprint density at radius 1 is 1.37 bits per heavy atom. The van der Waals surface area contributed by atoms with E-state index in [1.807, 2.05) is 6.07 Å². The van der Waals surface area contributed by atoms with Crippen LogP contribution in [0.4, 0.5) is 0 Å². The highest BCUT2D eigenvalue weighted by Gasteiger charge is 2.45. The molecule has 0 bridgehead atoms. The average Bonchev–Trinajstić information content (AvgIpc) is 3.39. The summed E-state index contributed by atoms with van der Waals surface area (Å²) in [4.78, 5) is 3.97. The molecule has 1 aromatic carbocycles. The zero-order valence-electron chi connectivity index (χ0n) is 14.8. The molecule has 2 unspecified atom stereocenters. The highest BCUT2D eigenvalue weighted by Crippen LogP contribution is 2.41. The van der Waals surface area contributed by atoms with Crippen molar-refractivity contribution in [2.24, 2.45) is 0 Å². The van der Waals surface area contributed by atoms with Gasteiger partial charge in [-0.15, -0.1) is 5.10 Å².